The van der Waals surface area contributed by atoms with Gasteiger partial charge in [0.1, 0.15) is 0 Å². The SMILES string of the molecule is O=C1N[C@@H](Cc2ccccc2)[C@H](CCl)C1(Cl)Cl. The number of halogens is 3. The summed E-state index contributed by atoms with van der Waals surface area (Å²) < 4.78 is -1.42. The number of alkyl halides is 3. The highest BCUT2D eigenvalue weighted by Crippen LogP contribution is 2.39. The van der Waals surface area contributed by atoms with Crippen LogP contribution in [0.15, 0.2) is 30.3 Å². The Balaban J connectivity index is 2.15. The summed E-state index contributed by atoms with van der Waals surface area (Å²) in [5, 5.41) is 2.81. The van der Waals surface area contributed by atoms with Crippen molar-refractivity contribution in [1.29, 1.82) is 0 Å². The summed E-state index contributed by atoms with van der Waals surface area (Å²) in [6.45, 7) is 0. The average Bonchev–Trinajstić information content (AvgIpc) is 2.50. The maximum atomic E-state index is 11.6. The van der Waals surface area contributed by atoms with Crippen molar-refractivity contribution in [2.45, 2.75) is 16.8 Å². The van der Waals surface area contributed by atoms with Crippen LogP contribution >= 0.6 is 34.8 Å². The van der Waals surface area contributed by atoms with Gasteiger partial charge in [0.15, 0.2) is 0 Å². The van der Waals surface area contributed by atoms with Crippen molar-refractivity contribution in [3.63, 3.8) is 0 Å². The third kappa shape index (κ3) is 2.54. The topological polar surface area (TPSA) is 29.1 Å². The largest absolute Gasteiger partial charge is 0.350 e. The van der Waals surface area contributed by atoms with Gasteiger partial charge >= 0.3 is 0 Å². The highest BCUT2D eigenvalue weighted by molar-refractivity contribution is 6.59. The van der Waals surface area contributed by atoms with E-state index in [1.807, 2.05) is 30.3 Å². The Kier molecular flexibility index (Phi) is 3.86. The van der Waals surface area contributed by atoms with E-state index >= 15 is 0 Å². The molecule has 1 fully saturated rings. The van der Waals surface area contributed by atoms with Crippen molar-refractivity contribution < 1.29 is 4.79 Å². The zero-order valence-corrected chi connectivity index (χ0v) is 11.3. The maximum absolute atomic E-state index is 11.6. The lowest BCUT2D eigenvalue weighted by molar-refractivity contribution is -0.120. The van der Waals surface area contributed by atoms with Crippen molar-refractivity contribution in [2.24, 2.45) is 5.92 Å². The number of hydrogen-bond acceptors (Lipinski definition) is 1. The van der Waals surface area contributed by atoms with Crippen molar-refractivity contribution in [2.75, 3.05) is 5.88 Å². The van der Waals surface area contributed by atoms with Crippen molar-refractivity contribution in [1.82, 2.24) is 5.32 Å². The van der Waals surface area contributed by atoms with Crippen LogP contribution in [0.2, 0.25) is 0 Å². The van der Waals surface area contributed by atoms with Gasteiger partial charge in [-0.25, -0.2) is 0 Å². The minimum Gasteiger partial charge on any atom is -0.350 e. The number of carbonyl (C=O) groups is 1. The molecule has 1 saturated heterocycles. The van der Waals surface area contributed by atoms with Gasteiger partial charge in [-0.15, -0.1) is 11.6 Å². The van der Waals surface area contributed by atoms with Crippen molar-refractivity contribution in [3.8, 4) is 0 Å². The summed E-state index contributed by atoms with van der Waals surface area (Å²) in [7, 11) is 0. The Morgan fingerprint density at radius 1 is 1.24 bits per heavy atom. The first-order chi connectivity index (χ1) is 8.05. The van der Waals surface area contributed by atoms with Gasteiger partial charge in [-0.05, 0) is 12.0 Å². The molecule has 1 amide bonds. The van der Waals surface area contributed by atoms with Gasteiger partial charge in [-0.2, -0.15) is 0 Å². The van der Waals surface area contributed by atoms with Gasteiger partial charge in [0, 0.05) is 17.8 Å². The minimum atomic E-state index is -1.42. The second kappa shape index (κ2) is 5.05. The Hall–Kier alpha value is -0.440. The second-order valence-electron chi connectivity index (χ2n) is 4.15. The van der Waals surface area contributed by atoms with E-state index in [4.69, 9.17) is 34.8 Å². The van der Waals surface area contributed by atoms with Gasteiger partial charge in [-0.1, -0.05) is 53.5 Å². The highest BCUT2D eigenvalue weighted by Gasteiger charge is 2.52. The summed E-state index contributed by atoms with van der Waals surface area (Å²) in [4.78, 5) is 11.6. The molecule has 1 aliphatic rings. The summed E-state index contributed by atoms with van der Waals surface area (Å²) >= 11 is 17.9. The summed E-state index contributed by atoms with van der Waals surface area (Å²) in [6, 6.07) is 9.74. The number of rotatable bonds is 3. The number of nitrogens with one attached hydrogen (secondary N) is 1. The van der Waals surface area contributed by atoms with Crippen LogP contribution in [-0.4, -0.2) is 22.2 Å². The van der Waals surface area contributed by atoms with Crippen molar-refractivity contribution >= 4 is 40.7 Å². The molecule has 1 aromatic carbocycles. The van der Waals surface area contributed by atoms with Gasteiger partial charge in [0.05, 0.1) is 0 Å². The predicted octanol–water partition coefficient (Wildman–Crippen LogP) is 2.76. The molecular formula is C12H12Cl3NO. The van der Waals surface area contributed by atoms with Gasteiger partial charge in [0.25, 0.3) is 5.91 Å². The smallest absolute Gasteiger partial charge is 0.257 e. The fraction of sp³-hybridized carbons (Fsp3) is 0.417. The number of benzene rings is 1. The third-order valence-electron chi connectivity index (χ3n) is 3.04. The van der Waals surface area contributed by atoms with Crippen LogP contribution in [0.1, 0.15) is 5.56 Å². The van der Waals surface area contributed by atoms with Crippen LogP contribution < -0.4 is 5.32 Å². The molecule has 0 bridgehead atoms. The average molecular weight is 293 g/mol. The summed E-state index contributed by atoms with van der Waals surface area (Å²) in [5.74, 6) is -0.379. The normalized spacial score (nSPS) is 26.9. The fourth-order valence-electron chi connectivity index (χ4n) is 2.05. The number of hydrogen-bond donors (Lipinski definition) is 1. The molecule has 2 atom stereocenters. The highest BCUT2D eigenvalue weighted by atomic mass is 35.5. The molecular weight excluding hydrogens is 280 g/mol. The molecule has 1 aliphatic heterocycles. The van der Waals surface area contributed by atoms with Crippen LogP contribution in [0.4, 0.5) is 0 Å². The molecule has 0 aromatic heterocycles. The molecule has 2 nitrogen and oxygen atoms in total. The molecule has 1 N–H and O–H groups in total. The first-order valence-corrected chi connectivity index (χ1v) is 6.63. The van der Waals surface area contributed by atoms with Gasteiger partial charge < -0.3 is 5.32 Å². The molecule has 1 aromatic rings. The van der Waals surface area contributed by atoms with Crippen LogP contribution in [0.25, 0.3) is 0 Å². The van der Waals surface area contributed by atoms with E-state index in [1.54, 1.807) is 0 Å². The van der Waals surface area contributed by atoms with Crippen LogP contribution in [0, 0.1) is 5.92 Å². The standard InChI is InChI=1S/C12H12Cl3NO/c13-7-9-10(16-11(17)12(9,14)15)6-8-4-2-1-3-5-8/h1-5,9-10H,6-7H2,(H,16,17)/t9-,10-/m0/s1. The Bertz CT molecular complexity index is 407. The van der Waals surface area contributed by atoms with Crippen LogP contribution in [0.5, 0.6) is 0 Å². The monoisotopic (exact) mass is 291 g/mol. The van der Waals surface area contributed by atoms with E-state index in [2.05, 4.69) is 5.32 Å². The fourth-order valence-corrected chi connectivity index (χ4v) is 3.22. The molecule has 1 heterocycles. The second-order valence-corrected chi connectivity index (χ2v) is 5.85. The molecule has 5 heteroatoms. The quantitative estimate of drug-likeness (QED) is 0.853. The van der Waals surface area contributed by atoms with E-state index in [1.165, 1.54) is 0 Å². The lowest BCUT2D eigenvalue weighted by Gasteiger charge is -2.21. The van der Waals surface area contributed by atoms with Crippen LogP contribution in [0.3, 0.4) is 0 Å². The van der Waals surface area contributed by atoms with E-state index in [-0.39, 0.29) is 23.7 Å². The Labute approximate surface area is 115 Å². The number of carbonyl (C=O) groups excluding carboxylic acids is 1. The molecule has 0 spiro atoms. The van der Waals surface area contributed by atoms with Gasteiger partial charge in [-0.3, -0.25) is 4.79 Å². The zero-order valence-electron chi connectivity index (χ0n) is 9.00. The van der Waals surface area contributed by atoms with Crippen LogP contribution in [-0.2, 0) is 11.2 Å². The van der Waals surface area contributed by atoms with Crippen molar-refractivity contribution in [3.05, 3.63) is 35.9 Å². The molecule has 0 saturated carbocycles. The first-order valence-electron chi connectivity index (χ1n) is 5.34. The Morgan fingerprint density at radius 2 is 1.88 bits per heavy atom. The lowest BCUT2D eigenvalue weighted by Crippen LogP contribution is -2.33. The summed E-state index contributed by atoms with van der Waals surface area (Å²) in [6.07, 6.45) is 0.686. The molecule has 0 radical (unpaired) electrons. The Morgan fingerprint density at radius 3 is 2.47 bits per heavy atom. The van der Waals surface area contributed by atoms with E-state index in [0.717, 1.165) is 5.56 Å². The first kappa shape index (κ1) is 13.0. The third-order valence-corrected chi connectivity index (χ3v) is 4.27. The summed E-state index contributed by atoms with van der Waals surface area (Å²) in [5.41, 5.74) is 1.12. The zero-order chi connectivity index (χ0) is 12.5. The van der Waals surface area contributed by atoms with E-state index in [9.17, 15) is 4.79 Å². The molecule has 92 valence electrons. The molecule has 0 aliphatic carbocycles. The van der Waals surface area contributed by atoms with E-state index < -0.39 is 4.33 Å². The molecule has 0 unspecified atom stereocenters. The van der Waals surface area contributed by atoms with Gasteiger partial charge in [0.2, 0.25) is 4.33 Å². The number of amides is 1. The maximum Gasteiger partial charge on any atom is 0.257 e. The minimum absolute atomic E-state index is 0.114. The predicted molar refractivity (Wildman–Crippen MR) is 70.7 cm³/mol. The lowest BCUT2D eigenvalue weighted by atomic mass is 9.95. The van der Waals surface area contributed by atoms with E-state index in [0.29, 0.717) is 6.42 Å². The molecule has 17 heavy (non-hydrogen) atoms. The molecule has 2 rings (SSSR count).